The molecule has 0 unspecified atom stereocenters. The molecule has 0 radical (unpaired) electrons. The van der Waals surface area contributed by atoms with Crippen LogP contribution in [0.2, 0.25) is 15.1 Å². The normalized spacial score (nSPS) is 11.4. The largest absolute Gasteiger partial charge is 0.382 e. The number of aromatic amines is 1. The maximum Gasteiger partial charge on any atom is 0.0706 e. The second kappa shape index (κ2) is 7.61. The van der Waals surface area contributed by atoms with Gasteiger partial charge in [0.25, 0.3) is 0 Å². The van der Waals surface area contributed by atoms with Gasteiger partial charge >= 0.3 is 0 Å². The van der Waals surface area contributed by atoms with Crippen molar-refractivity contribution >= 4 is 62.3 Å². The Morgan fingerprint density at radius 2 is 1.74 bits per heavy atom. The number of likely N-dealkylation sites (N-methyl/N-ethyl adjacent to an activating group) is 1. The first-order chi connectivity index (χ1) is 13.1. The molecule has 4 rings (SSSR count). The van der Waals surface area contributed by atoms with Gasteiger partial charge in [0.2, 0.25) is 0 Å². The van der Waals surface area contributed by atoms with E-state index in [2.05, 4.69) is 27.8 Å². The molecule has 0 atom stereocenters. The zero-order valence-corrected chi connectivity index (χ0v) is 16.9. The van der Waals surface area contributed by atoms with E-state index in [1.165, 1.54) is 0 Å². The van der Waals surface area contributed by atoms with Crippen LogP contribution in [-0.2, 0) is 0 Å². The standard InChI is InChI=1S/C21H18Cl3N3/c1-25-8-9-26-19-7-4-14(12-2-5-16(23)17(24)10-12)20-15-11-13(22)3-6-18(15)27-21(19)20/h2-7,10-11,25-27H,8-9H2,1H3. The molecule has 0 amide bonds. The minimum absolute atomic E-state index is 0.538. The van der Waals surface area contributed by atoms with Crippen molar-refractivity contribution in [3.05, 3.63) is 63.6 Å². The van der Waals surface area contributed by atoms with E-state index in [9.17, 15) is 0 Å². The van der Waals surface area contributed by atoms with Crippen molar-refractivity contribution in [3.8, 4) is 11.1 Å². The molecule has 27 heavy (non-hydrogen) atoms. The molecule has 4 aromatic rings. The third kappa shape index (κ3) is 3.48. The number of fused-ring (bicyclic) bond motifs is 3. The number of nitrogens with one attached hydrogen (secondary N) is 3. The van der Waals surface area contributed by atoms with Crippen molar-refractivity contribution in [2.24, 2.45) is 0 Å². The summed E-state index contributed by atoms with van der Waals surface area (Å²) in [5, 5.41) is 10.6. The highest BCUT2D eigenvalue weighted by Crippen LogP contribution is 2.40. The number of rotatable bonds is 5. The van der Waals surface area contributed by atoms with Crippen LogP contribution in [0.15, 0.2) is 48.5 Å². The maximum atomic E-state index is 6.29. The molecule has 0 aliphatic carbocycles. The van der Waals surface area contributed by atoms with Crippen molar-refractivity contribution < 1.29 is 0 Å². The number of H-pyrrole nitrogens is 1. The Bertz CT molecular complexity index is 1130. The van der Waals surface area contributed by atoms with Crippen LogP contribution in [0.3, 0.4) is 0 Å². The van der Waals surface area contributed by atoms with E-state index in [1.807, 2.05) is 43.4 Å². The molecule has 3 aromatic carbocycles. The second-order valence-corrected chi connectivity index (χ2v) is 7.64. The van der Waals surface area contributed by atoms with Gasteiger partial charge in [-0.1, -0.05) is 46.9 Å². The van der Waals surface area contributed by atoms with Gasteiger partial charge < -0.3 is 15.6 Å². The maximum absolute atomic E-state index is 6.29. The summed E-state index contributed by atoms with van der Waals surface area (Å²) in [6, 6.07) is 15.8. The van der Waals surface area contributed by atoms with Crippen molar-refractivity contribution in [2.75, 3.05) is 25.5 Å². The second-order valence-electron chi connectivity index (χ2n) is 6.38. The summed E-state index contributed by atoms with van der Waals surface area (Å²) in [6.45, 7) is 1.70. The molecule has 138 valence electrons. The van der Waals surface area contributed by atoms with Gasteiger partial charge in [0.1, 0.15) is 0 Å². The molecular formula is C21H18Cl3N3. The lowest BCUT2D eigenvalue weighted by Gasteiger charge is -2.11. The van der Waals surface area contributed by atoms with Gasteiger partial charge in [0.05, 0.1) is 21.2 Å². The predicted octanol–water partition coefficient (Wildman–Crippen LogP) is 6.58. The summed E-state index contributed by atoms with van der Waals surface area (Å²) in [6.07, 6.45) is 0. The highest BCUT2D eigenvalue weighted by Gasteiger charge is 2.15. The van der Waals surface area contributed by atoms with Crippen LogP contribution in [0.1, 0.15) is 0 Å². The average molecular weight is 419 g/mol. The number of anilines is 1. The number of benzene rings is 3. The lowest BCUT2D eigenvalue weighted by molar-refractivity contribution is 0.824. The molecular weight excluding hydrogens is 401 g/mol. The van der Waals surface area contributed by atoms with Gasteiger partial charge in [-0.05, 0) is 54.6 Å². The van der Waals surface area contributed by atoms with Crippen molar-refractivity contribution in [1.82, 2.24) is 10.3 Å². The van der Waals surface area contributed by atoms with E-state index in [1.54, 1.807) is 0 Å². The Labute approximate surface area is 172 Å². The molecule has 3 N–H and O–H groups in total. The van der Waals surface area contributed by atoms with Crippen LogP contribution in [0, 0.1) is 0 Å². The first-order valence-corrected chi connectivity index (χ1v) is 9.79. The predicted molar refractivity (Wildman–Crippen MR) is 119 cm³/mol. The summed E-state index contributed by atoms with van der Waals surface area (Å²) in [5.41, 5.74) is 5.23. The third-order valence-corrected chi connectivity index (χ3v) is 5.61. The van der Waals surface area contributed by atoms with Crippen LogP contribution in [0.5, 0.6) is 0 Å². The van der Waals surface area contributed by atoms with E-state index in [0.29, 0.717) is 15.1 Å². The highest BCUT2D eigenvalue weighted by atomic mass is 35.5. The zero-order valence-electron chi connectivity index (χ0n) is 14.7. The molecule has 1 heterocycles. The van der Waals surface area contributed by atoms with Gasteiger partial charge in [0, 0.05) is 34.4 Å². The molecule has 0 bridgehead atoms. The highest BCUT2D eigenvalue weighted by molar-refractivity contribution is 6.42. The van der Waals surface area contributed by atoms with E-state index in [4.69, 9.17) is 34.8 Å². The summed E-state index contributed by atoms with van der Waals surface area (Å²) in [7, 11) is 1.94. The van der Waals surface area contributed by atoms with Gasteiger partial charge in [0.15, 0.2) is 0 Å². The zero-order chi connectivity index (χ0) is 19.0. The molecule has 1 aromatic heterocycles. The van der Waals surface area contributed by atoms with Crippen LogP contribution in [0.4, 0.5) is 5.69 Å². The topological polar surface area (TPSA) is 39.8 Å². The summed E-state index contributed by atoms with van der Waals surface area (Å²) < 4.78 is 0. The van der Waals surface area contributed by atoms with E-state index < -0.39 is 0 Å². The molecule has 6 heteroatoms. The Morgan fingerprint density at radius 1 is 0.889 bits per heavy atom. The summed E-state index contributed by atoms with van der Waals surface area (Å²) in [5.74, 6) is 0. The van der Waals surface area contributed by atoms with E-state index in [0.717, 1.165) is 51.7 Å². The minimum atomic E-state index is 0.538. The van der Waals surface area contributed by atoms with Crippen molar-refractivity contribution in [3.63, 3.8) is 0 Å². The van der Waals surface area contributed by atoms with Crippen LogP contribution >= 0.6 is 34.8 Å². The third-order valence-electron chi connectivity index (χ3n) is 4.64. The molecule has 3 nitrogen and oxygen atoms in total. The number of hydrogen-bond donors (Lipinski definition) is 3. The van der Waals surface area contributed by atoms with Gasteiger partial charge in [-0.15, -0.1) is 0 Å². The quantitative estimate of drug-likeness (QED) is 0.320. The fourth-order valence-electron chi connectivity index (χ4n) is 3.35. The van der Waals surface area contributed by atoms with Gasteiger partial charge in [-0.3, -0.25) is 0 Å². The first kappa shape index (κ1) is 18.5. The van der Waals surface area contributed by atoms with Crippen LogP contribution in [-0.4, -0.2) is 25.1 Å². The Hall–Kier alpha value is -1.91. The average Bonchev–Trinajstić information content (AvgIpc) is 3.03. The van der Waals surface area contributed by atoms with E-state index >= 15 is 0 Å². The SMILES string of the molecule is CNCCNc1ccc(-c2ccc(Cl)c(Cl)c2)c2c1[nH]c1ccc(Cl)cc12. The summed E-state index contributed by atoms with van der Waals surface area (Å²) >= 11 is 18.7. The molecule has 0 aliphatic rings. The number of aromatic nitrogens is 1. The fourth-order valence-corrected chi connectivity index (χ4v) is 3.82. The fraction of sp³-hybridized carbons (Fsp3) is 0.143. The molecule has 0 saturated heterocycles. The van der Waals surface area contributed by atoms with Crippen LogP contribution < -0.4 is 10.6 Å². The minimum Gasteiger partial charge on any atom is -0.382 e. The van der Waals surface area contributed by atoms with Crippen molar-refractivity contribution in [1.29, 1.82) is 0 Å². The van der Waals surface area contributed by atoms with Crippen molar-refractivity contribution in [2.45, 2.75) is 0 Å². The first-order valence-electron chi connectivity index (χ1n) is 8.66. The number of halogens is 3. The molecule has 0 fully saturated rings. The van der Waals surface area contributed by atoms with Gasteiger partial charge in [-0.25, -0.2) is 0 Å². The smallest absolute Gasteiger partial charge is 0.0706 e. The molecule has 0 spiro atoms. The Balaban J connectivity index is 1.98. The molecule has 0 saturated carbocycles. The Morgan fingerprint density at radius 3 is 2.52 bits per heavy atom. The van der Waals surface area contributed by atoms with Crippen LogP contribution in [0.25, 0.3) is 32.9 Å². The van der Waals surface area contributed by atoms with E-state index in [-0.39, 0.29) is 0 Å². The molecule has 0 aliphatic heterocycles. The lowest BCUT2D eigenvalue weighted by Crippen LogP contribution is -2.17. The Kier molecular flexibility index (Phi) is 5.20. The summed E-state index contributed by atoms with van der Waals surface area (Å²) in [4.78, 5) is 3.54. The van der Waals surface area contributed by atoms with Gasteiger partial charge in [-0.2, -0.15) is 0 Å². The lowest BCUT2D eigenvalue weighted by atomic mass is 9.98. The number of hydrogen-bond acceptors (Lipinski definition) is 2. The monoisotopic (exact) mass is 417 g/mol.